The summed E-state index contributed by atoms with van der Waals surface area (Å²) < 4.78 is 5.36. The SMILES string of the molecule is CC1(C)CCC[C@]2(C)c3cocc3C(O)C[C@@H]12. The first-order valence-electron chi connectivity index (χ1n) is 6.70. The minimum absolute atomic E-state index is 0.198. The van der Waals surface area contributed by atoms with Gasteiger partial charge in [0.15, 0.2) is 0 Å². The van der Waals surface area contributed by atoms with Gasteiger partial charge in [0.25, 0.3) is 0 Å². The van der Waals surface area contributed by atoms with E-state index in [1.54, 1.807) is 6.26 Å². The summed E-state index contributed by atoms with van der Waals surface area (Å²) in [5.41, 5.74) is 2.81. The number of aliphatic hydroxyl groups is 1. The summed E-state index contributed by atoms with van der Waals surface area (Å²) in [4.78, 5) is 0. The Balaban J connectivity index is 2.13. The Morgan fingerprint density at radius 2 is 2.00 bits per heavy atom. The van der Waals surface area contributed by atoms with Crippen LogP contribution in [0.1, 0.15) is 63.7 Å². The van der Waals surface area contributed by atoms with Gasteiger partial charge in [-0.15, -0.1) is 0 Å². The first kappa shape index (κ1) is 11.3. The average Bonchev–Trinajstić information content (AvgIpc) is 2.71. The maximum Gasteiger partial charge on any atom is 0.0963 e. The van der Waals surface area contributed by atoms with Crippen LogP contribution in [0, 0.1) is 11.3 Å². The van der Waals surface area contributed by atoms with Crippen LogP contribution >= 0.6 is 0 Å². The zero-order chi connectivity index (χ0) is 12.3. The van der Waals surface area contributed by atoms with Crippen molar-refractivity contribution in [1.82, 2.24) is 0 Å². The maximum absolute atomic E-state index is 10.3. The molecule has 17 heavy (non-hydrogen) atoms. The van der Waals surface area contributed by atoms with Gasteiger partial charge in [-0.3, -0.25) is 0 Å². The average molecular weight is 234 g/mol. The van der Waals surface area contributed by atoms with Crippen molar-refractivity contribution < 1.29 is 9.52 Å². The van der Waals surface area contributed by atoms with Gasteiger partial charge >= 0.3 is 0 Å². The van der Waals surface area contributed by atoms with Crippen LogP contribution in [0.5, 0.6) is 0 Å². The number of furan rings is 1. The van der Waals surface area contributed by atoms with E-state index in [-0.39, 0.29) is 11.5 Å². The Morgan fingerprint density at radius 1 is 1.24 bits per heavy atom. The van der Waals surface area contributed by atoms with E-state index in [9.17, 15) is 5.11 Å². The van der Waals surface area contributed by atoms with Gasteiger partial charge in [0, 0.05) is 11.1 Å². The molecule has 2 heteroatoms. The van der Waals surface area contributed by atoms with Crippen LogP contribution in [0.4, 0.5) is 0 Å². The second-order valence-corrected chi connectivity index (χ2v) is 6.80. The molecule has 0 spiro atoms. The fourth-order valence-electron chi connectivity index (χ4n) is 4.40. The zero-order valence-corrected chi connectivity index (χ0v) is 11.0. The minimum Gasteiger partial charge on any atom is -0.472 e. The van der Waals surface area contributed by atoms with Crippen molar-refractivity contribution >= 4 is 0 Å². The van der Waals surface area contributed by atoms with Crippen molar-refractivity contribution in [3.63, 3.8) is 0 Å². The lowest BCUT2D eigenvalue weighted by atomic mass is 9.50. The normalized spacial score (nSPS) is 39.5. The molecule has 1 unspecified atom stereocenters. The topological polar surface area (TPSA) is 33.4 Å². The molecule has 0 aromatic carbocycles. The third-order valence-electron chi connectivity index (χ3n) is 5.35. The molecule has 1 aromatic heterocycles. The molecule has 3 atom stereocenters. The Morgan fingerprint density at radius 3 is 2.76 bits per heavy atom. The molecule has 1 saturated carbocycles. The van der Waals surface area contributed by atoms with Crippen LogP contribution in [0.25, 0.3) is 0 Å². The molecule has 1 heterocycles. The van der Waals surface area contributed by atoms with E-state index < -0.39 is 0 Å². The maximum atomic E-state index is 10.3. The number of hydrogen-bond donors (Lipinski definition) is 1. The summed E-state index contributed by atoms with van der Waals surface area (Å²) in [7, 11) is 0. The quantitative estimate of drug-likeness (QED) is 0.740. The van der Waals surface area contributed by atoms with Gasteiger partial charge in [-0.25, -0.2) is 0 Å². The molecule has 2 aliphatic rings. The second-order valence-electron chi connectivity index (χ2n) is 6.80. The van der Waals surface area contributed by atoms with Crippen LogP contribution in [0.2, 0.25) is 0 Å². The van der Waals surface area contributed by atoms with Crippen LogP contribution < -0.4 is 0 Å². The minimum atomic E-state index is -0.334. The van der Waals surface area contributed by atoms with Crippen LogP contribution in [-0.4, -0.2) is 5.11 Å². The predicted octanol–water partition coefficient (Wildman–Crippen LogP) is 3.80. The van der Waals surface area contributed by atoms with E-state index in [1.807, 2.05) is 6.26 Å². The number of hydrogen-bond acceptors (Lipinski definition) is 2. The Labute approximate surface area is 103 Å². The van der Waals surface area contributed by atoms with Gasteiger partial charge in [-0.2, -0.15) is 0 Å². The molecular formula is C15H22O2. The zero-order valence-electron chi connectivity index (χ0n) is 11.0. The van der Waals surface area contributed by atoms with Gasteiger partial charge in [0.05, 0.1) is 18.6 Å². The molecule has 1 N–H and O–H groups in total. The van der Waals surface area contributed by atoms with E-state index in [0.29, 0.717) is 11.3 Å². The Hall–Kier alpha value is -0.760. The van der Waals surface area contributed by atoms with Crippen LogP contribution in [0.3, 0.4) is 0 Å². The molecule has 1 aromatic rings. The summed E-state index contributed by atoms with van der Waals surface area (Å²) in [6.45, 7) is 7.07. The molecule has 0 aliphatic heterocycles. The highest BCUT2D eigenvalue weighted by Gasteiger charge is 2.52. The Kier molecular flexibility index (Phi) is 2.25. The lowest BCUT2D eigenvalue weighted by Crippen LogP contribution is -2.48. The third kappa shape index (κ3) is 1.43. The van der Waals surface area contributed by atoms with E-state index in [0.717, 1.165) is 12.0 Å². The predicted molar refractivity (Wildman–Crippen MR) is 66.8 cm³/mol. The monoisotopic (exact) mass is 234 g/mol. The van der Waals surface area contributed by atoms with Gasteiger partial charge in [-0.05, 0) is 36.0 Å². The highest BCUT2D eigenvalue weighted by molar-refractivity contribution is 5.36. The van der Waals surface area contributed by atoms with Crippen molar-refractivity contribution in [1.29, 1.82) is 0 Å². The molecule has 0 saturated heterocycles. The molecule has 0 radical (unpaired) electrons. The molecule has 1 fully saturated rings. The van der Waals surface area contributed by atoms with Crippen LogP contribution in [-0.2, 0) is 5.41 Å². The molecule has 94 valence electrons. The largest absolute Gasteiger partial charge is 0.472 e. The molecule has 0 amide bonds. The summed E-state index contributed by atoms with van der Waals surface area (Å²) in [5, 5.41) is 10.3. The smallest absolute Gasteiger partial charge is 0.0963 e. The van der Waals surface area contributed by atoms with Crippen molar-refractivity contribution in [2.24, 2.45) is 11.3 Å². The van der Waals surface area contributed by atoms with Crippen molar-refractivity contribution in [3.05, 3.63) is 23.7 Å². The molecule has 0 bridgehead atoms. The first-order valence-corrected chi connectivity index (χ1v) is 6.70. The lowest BCUT2D eigenvalue weighted by Gasteiger charge is -2.54. The summed E-state index contributed by atoms with van der Waals surface area (Å²) >= 11 is 0. The fraction of sp³-hybridized carbons (Fsp3) is 0.733. The van der Waals surface area contributed by atoms with E-state index in [4.69, 9.17) is 4.42 Å². The fourth-order valence-corrected chi connectivity index (χ4v) is 4.40. The van der Waals surface area contributed by atoms with Gasteiger partial charge < -0.3 is 9.52 Å². The molecule has 3 rings (SSSR count). The van der Waals surface area contributed by atoms with Gasteiger partial charge in [0.1, 0.15) is 0 Å². The van der Waals surface area contributed by atoms with Crippen molar-refractivity contribution in [2.45, 2.75) is 58.0 Å². The number of aliphatic hydroxyl groups excluding tert-OH is 1. The highest BCUT2D eigenvalue weighted by Crippen LogP contribution is 2.59. The van der Waals surface area contributed by atoms with E-state index in [2.05, 4.69) is 20.8 Å². The summed E-state index contributed by atoms with van der Waals surface area (Å²) in [6.07, 6.45) is 7.93. The van der Waals surface area contributed by atoms with Crippen LogP contribution in [0.15, 0.2) is 16.9 Å². The van der Waals surface area contributed by atoms with E-state index >= 15 is 0 Å². The van der Waals surface area contributed by atoms with E-state index in [1.165, 1.54) is 24.8 Å². The Bertz CT molecular complexity index is 432. The molecule has 2 aliphatic carbocycles. The molecular weight excluding hydrogens is 212 g/mol. The lowest BCUT2D eigenvalue weighted by molar-refractivity contribution is -0.00614. The van der Waals surface area contributed by atoms with Gasteiger partial charge in [0.2, 0.25) is 0 Å². The number of rotatable bonds is 0. The third-order valence-corrected chi connectivity index (χ3v) is 5.35. The van der Waals surface area contributed by atoms with Crippen molar-refractivity contribution in [3.8, 4) is 0 Å². The van der Waals surface area contributed by atoms with Gasteiger partial charge in [-0.1, -0.05) is 27.2 Å². The number of fused-ring (bicyclic) bond motifs is 3. The van der Waals surface area contributed by atoms with Crippen molar-refractivity contribution in [2.75, 3.05) is 0 Å². The summed E-state index contributed by atoms with van der Waals surface area (Å²) in [5.74, 6) is 0.559. The highest BCUT2D eigenvalue weighted by atomic mass is 16.3. The first-order chi connectivity index (χ1) is 7.95. The second kappa shape index (κ2) is 3.38. The molecule has 2 nitrogen and oxygen atoms in total. The summed E-state index contributed by atoms with van der Waals surface area (Å²) in [6, 6.07) is 0. The standard InChI is InChI=1S/C15H22O2/c1-14(2)5-4-6-15(3)11-9-17-8-10(11)12(16)7-13(14)15/h8-9,12-13,16H,4-7H2,1-3H3/t12?,13-,15+/m0/s1.